The maximum atomic E-state index is 11.7. The Morgan fingerprint density at radius 1 is 1.50 bits per heavy atom. The number of hydrogen-bond donors (Lipinski definition) is 1. The summed E-state index contributed by atoms with van der Waals surface area (Å²) in [7, 11) is 0. The molecule has 3 atom stereocenters. The molecule has 0 bridgehead atoms. The monoisotopic (exact) mass is 255 g/mol. The molecule has 0 saturated carbocycles. The number of carbonyl (C=O) groups excluding carboxylic acids is 1. The lowest BCUT2D eigenvalue weighted by molar-refractivity contribution is -0.149. The van der Waals surface area contributed by atoms with Gasteiger partial charge in [-0.2, -0.15) is 0 Å². The fraction of sp³-hybridized carbons (Fsp3) is 0.917. The number of unbranched alkanes of at least 4 members (excludes halogenated alkanes) is 3. The van der Waals surface area contributed by atoms with Gasteiger partial charge >= 0.3 is 5.97 Å². The third-order valence-corrected chi connectivity index (χ3v) is 3.46. The van der Waals surface area contributed by atoms with Gasteiger partial charge in [0.15, 0.2) is 0 Å². The Balaban J connectivity index is 2.55. The molecule has 0 spiro atoms. The molecular weight excluding hydrogens is 234 g/mol. The van der Waals surface area contributed by atoms with Gasteiger partial charge in [0.2, 0.25) is 0 Å². The number of carbonyl (C=O) groups is 1. The van der Waals surface area contributed by atoms with Crippen LogP contribution in [0.15, 0.2) is 5.11 Å². The second kappa shape index (κ2) is 6.61. The molecule has 1 rings (SSSR count). The van der Waals surface area contributed by atoms with Gasteiger partial charge in [-0.25, -0.2) is 0 Å². The molecule has 0 radical (unpaired) electrons. The van der Waals surface area contributed by atoms with Gasteiger partial charge in [0.25, 0.3) is 0 Å². The van der Waals surface area contributed by atoms with Crippen LogP contribution in [0.3, 0.4) is 0 Å². The van der Waals surface area contributed by atoms with Crippen molar-refractivity contribution in [3.05, 3.63) is 10.4 Å². The highest BCUT2D eigenvalue weighted by atomic mass is 16.6. The lowest BCUT2D eigenvalue weighted by Gasteiger charge is -2.25. The fourth-order valence-corrected chi connectivity index (χ4v) is 2.28. The smallest absolute Gasteiger partial charge is 0.312 e. The zero-order chi connectivity index (χ0) is 13.6. The minimum atomic E-state index is -1.07. The van der Waals surface area contributed by atoms with Crippen molar-refractivity contribution in [2.75, 3.05) is 6.54 Å². The highest BCUT2D eigenvalue weighted by Crippen LogP contribution is 2.34. The largest absolute Gasteiger partial charge is 0.456 e. The zero-order valence-electron chi connectivity index (χ0n) is 11.0. The van der Waals surface area contributed by atoms with E-state index in [1.165, 1.54) is 0 Å². The van der Waals surface area contributed by atoms with Crippen LogP contribution in [0.1, 0.15) is 46.0 Å². The molecule has 0 aromatic rings. The number of hydrogen-bond acceptors (Lipinski definition) is 4. The van der Waals surface area contributed by atoms with Crippen molar-refractivity contribution >= 4 is 5.97 Å². The van der Waals surface area contributed by atoms with E-state index in [9.17, 15) is 9.90 Å². The van der Waals surface area contributed by atoms with Crippen LogP contribution in [0.5, 0.6) is 0 Å². The van der Waals surface area contributed by atoms with E-state index in [1.54, 1.807) is 6.92 Å². The molecular formula is C12H21N3O3. The first-order valence-corrected chi connectivity index (χ1v) is 6.47. The second-order valence-corrected chi connectivity index (χ2v) is 5.02. The summed E-state index contributed by atoms with van der Waals surface area (Å²) >= 11 is 0. The number of aliphatic hydroxyl groups is 1. The predicted octanol–water partition coefficient (Wildman–Crippen LogP) is 2.56. The van der Waals surface area contributed by atoms with Crippen molar-refractivity contribution in [3.63, 3.8) is 0 Å². The molecule has 18 heavy (non-hydrogen) atoms. The number of rotatable bonds is 7. The van der Waals surface area contributed by atoms with Gasteiger partial charge in [-0.05, 0) is 18.9 Å². The Hall–Kier alpha value is -1.26. The number of ether oxygens (including phenoxy) is 1. The first-order chi connectivity index (χ1) is 8.55. The molecule has 0 aromatic heterocycles. The van der Waals surface area contributed by atoms with Gasteiger partial charge < -0.3 is 9.84 Å². The van der Waals surface area contributed by atoms with E-state index in [0.29, 0.717) is 6.42 Å². The molecule has 1 heterocycles. The third kappa shape index (κ3) is 3.37. The van der Waals surface area contributed by atoms with E-state index in [1.807, 2.05) is 0 Å². The van der Waals surface area contributed by atoms with Crippen LogP contribution in [0, 0.1) is 5.92 Å². The van der Waals surface area contributed by atoms with Gasteiger partial charge in [0.05, 0.1) is 12.5 Å². The Morgan fingerprint density at radius 3 is 2.83 bits per heavy atom. The van der Waals surface area contributed by atoms with Crippen LogP contribution in [-0.4, -0.2) is 29.3 Å². The minimum absolute atomic E-state index is 0.0259. The molecule has 1 N–H and O–H groups in total. The van der Waals surface area contributed by atoms with Gasteiger partial charge in [-0.3, -0.25) is 4.79 Å². The summed E-state index contributed by atoms with van der Waals surface area (Å²) in [5.41, 5.74) is 7.23. The number of aliphatic hydroxyl groups excluding tert-OH is 1. The molecule has 1 unspecified atom stereocenters. The van der Waals surface area contributed by atoms with Crippen molar-refractivity contribution in [1.29, 1.82) is 0 Å². The van der Waals surface area contributed by atoms with Crippen LogP contribution in [0.25, 0.3) is 10.4 Å². The van der Waals surface area contributed by atoms with Gasteiger partial charge in [0, 0.05) is 4.91 Å². The Morgan fingerprint density at radius 2 is 2.22 bits per heavy atom. The Kier molecular flexibility index (Phi) is 5.44. The van der Waals surface area contributed by atoms with Crippen molar-refractivity contribution in [1.82, 2.24) is 0 Å². The van der Waals surface area contributed by atoms with Crippen LogP contribution in [0.2, 0.25) is 0 Å². The number of nitrogens with zero attached hydrogens (tertiary/aromatic N) is 3. The maximum absolute atomic E-state index is 11.7. The van der Waals surface area contributed by atoms with Gasteiger partial charge in [0.1, 0.15) is 11.7 Å². The number of esters is 1. The summed E-state index contributed by atoms with van der Waals surface area (Å²) < 4.78 is 5.18. The first-order valence-electron chi connectivity index (χ1n) is 6.47. The van der Waals surface area contributed by atoms with Crippen molar-refractivity contribution in [2.45, 2.75) is 57.7 Å². The normalized spacial score (nSPS) is 30.9. The van der Waals surface area contributed by atoms with Gasteiger partial charge in [-0.15, -0.1) is 0 Å². The standard InChI is InChI=1S/C12H21N3O3/c1-3-4-5-6-7-9-10(16)12(2,8-14-15-13)18-11(9)17/h9-10,16H,3-8H2,1-2H3/t9-,10-,12?/m1/s1. The quantitative estimate of drug-likeness (QED) is 0.249. The molecule has 0 amide bonds. The van der Waals surface area contributed by atoms with E-state index >= 15 is 0 Å². The summed E-state index contributed by atoms with van der Waals surface area (Å²) in [6, 6.07) is 0. The van der Waals surface area contributed by atoms with Crippen LogP contribution in [-0.2, 0) is 9.53 Å². The SMILES string of the molecule is CCCCCC[C@H]1C(=O)OC(C)(CN=[N+]=[N-])[C@@H]1O. The first kappa shape index (κ1) is 14.8. The minimum Gasteiger partial charge on any atom is -0.456 e. The van der Waals surface area contributed by atoms with Crippen LogP contribution < -0.4 is 0 Å². The van der Waals surface area contributed by atoms with Crippen molar-refractivity contribution in [3.8, 4) is 0 Å². The molecule has 0 aromatic carbocycles. The summed E-state index contributed by atoms with van der Waals surface area (Å²) in [4.78, 5) is 14.3. The molecule has 1 aliphatic rings. The topological polar surface area (TPSA) is 95.3 Å². The molecule has 1 fully saturated rings. The highest BCUT2D eigenvalue weighted by molar-refractivity contribution is 5.76. The average molecular weight is 255 g/mol. The summed E-state index contributed by atoms with van der Waals surface area (Å²) in [6.07, 6.45) is 3.96. The van der Waals surface area contributed by atoms with E-state index in [2.05, 4.69) is 16.9 Å². The Bertz CT molecular complexity index is 341. The van der Waals surface area contributed by atoms with Crippen LogP contribution >= 0.6 is 0 Å². The second-order valence-electron chi connectivity index (χ2n) is 5.02. The fourth-order valence-electron chi connectivity index (χ4n) is 2.28. The summed E-state index contributed by atoms with van der Waals surface area (Å²) in [5.74, 6) is -0.865. The average Bonchev–Trinajstić information content (AvgIpc) is 2.55. The lowest BCUT2D eigenvalue weighted by atomic mass is 9.88. The third-order valence-electron chi connectivity index (χ3n) is 3.46. The summed E-state index contributed by atoms with van der Waals surface area (Å²) in [6.45, 7) is 3.70. The molecule has 0 aliphatic carbocycles. The molecule has 6 nitrogen and oxygen atoms in total. The van der Waals surface area contributed by atoms with E-state index in [4.69, 9.17) is 10.3 Å². The zero-order valence-corrected chi connectivity index (χ0v) is 11.0. The lowest BCUT2D eigenvalue weighted by Crippen LogP contribution is -2.41. The molecule has 1 saturated heterocycles. The highest BCUT2D eigenvalue weighted by Gasteiger charge is 2.51. The van der Waals surface area contributed by atoms with E-state index in [-0.39, 0.29) is 12.5 Å². The van der Waals surface area contributed by atoms with Crippen LogP contribution in [0.4, 0.5) is 0 Å². The molecule has 1 aliphatic heterocycles. The molecule has 6 heteroatoms. The molecule has 102 valence electrons. The maximum Gasteiger partial charge on any atom is 0.312 e. The van der Waals surface area contributed by atoms with E-state index < -0.39 is 17.6 Å². The number of azide groups is 1. The predicted molar refractivity (Wildman–Crippen MR) is 66.8 cm³/mol. The van der Waals surface area contributed by atoms with Crippen molar-refractivity contribution in [2.24, 2.45) is 11.0 Å². The summed E-state index contributed by atoms with van der Waals surface area (Å²) in [5, 5.41) is 13.5. The number of cyclic esters (lactones) is 1. The van der Waals surface area contributed by atoms with E-state index in [0.717, 1.165) is 25.7 Å². The Labute approximate surface area is 107 Å². The van der Waals surface area contributed by atoms with Crippen molar-refractivity contribution < 1.29 is 14.6 Å². The van der Waals surface area contributed by atoms with Gasteiger partial charge in [-0.1, -0.05) is 37.7 Å².